The first-order chi connectivity index (χ1) is 11.9. The molecule has 0 saturated carbocycles. The van der Waals surface area contributed by atoms with Crippen LogP contribution in [0.4, 0.5) is 5.69 Å². The molecule has 2 rings (SSSR count). The lowest BCUT2D eigenvalue weighted by molar-refractivity contribution is -0.148. The number of esters is 1. The van der Waals surface area contributed by atoms with E-state index < -0.39 is 21.7 Å². The van der Waals surface area contributed by atoms with E-state index in [-0.39, 0.29) is 30.5 Å². The van der Waals surface area contributed by atoms with E-state index in [1.165, 1.54) is 5.56 Å². The van der Waals surface area contributed by atoms with Crippen molar-refractivity contribution in [3.05, 3.63) is 29.8 Å². The van der Waals surface area contributed by atoms with Gasteiger partial charge in [-0.05, 0) is 42.9 Å². The van der Waals surface area contributed by atoms with E-state index >= 15 is 0 Å². The average Bonchev–Trinajstić information content (AvgIpc) is 2.91. The summed E-state index contributed by atoms with van der Waals surface area (Å²) in [4.78, 5) is 23.5. The number of nitrogens with one attached hydrogen (secondary N) is 1. The van der Waals surface area contributed by atoms with Gasteiger partial charge in [0.2, 0.25) is 0 Å². The second kappa shape index (κ2) is 8.99. The highest BCUT2D eigenvalue weighted by atomic mass is 32.2. The largest absolute Gasteiger partial charge is 0.456 e. The molecule has 1 aromatic rings. The predicted molar refractivity (Wildman–Crippen MR) is 96.0 cm³/mol. The summed E-state index contributed by atoms with van der Waals surface area (Å²) in [5.41, 5.74) is 1.88. The molecule has 1 N–H and O–H groups in total. The van der Waals surface area contributed by atoms with Crippen LogP contribution in [0.15, 0.2) is 24.3 Å². The van der Waals surface area contributed by atoms with Crippen LogP contribution in [0.25, 0.3) is 0 Å². The van der Waals surface area contributed by atoms with E-state index in [0.29, 0.717) is 12.1 Å². The lowest BCUT2D eigenvalue weighted by atomic mass is 10.1. The normalized spacial score (nSPS) is 18.7. The standard InChI is InChI=1S/C18H25NO5S/c1-2-3-4-14-5-7-16(8-6-14)19-17(20)12-24-18(21)11-15-9-10-25(22,23)13-15/h5-8,15H,2-4,9-13H2,1H3,(H,19,20)/t15-/m1/s1. The van der Waals surface area contributed by atoms with E-state index in [0.717, 1.165) is 19.3 Å². The molecule has 0 radical (unpaired) electrons. The number of benzene rings is 1. The van der Waals surface area contributed by atoms with Crippen molar-refractivity contribution in [1.29, 1.82) is 0 Å². The fourth-order valence-corrected chi connectivity index (χ4v) is 4.67. The molecule has 1 saturated heterocycles. The molecule has 1 aromatic carbocycles. The molecule has 0 bridgehead atoms. The van der Waals surface area contributed by atoms with Crippen LogP contribution < -0.4 is 5.32 Å². The van der Waals surface area contributed by atoms with Gasteiger partial charge in [-0.25, -0.2) is 8.42 Å². The van der Waals surface area contributed by atoms with Gasteiger partial charge in [-0.2, -0.15) is 0 Å². The van der Waals surface area contributed by atoms with Gasteiger partial charge in [0.25, 0.3) is 5.91 Å². The molecular weight excluding hydrogens is 342 g/mol. The highest BCUT2D eigenvalue weighted by Gasteiger charge is 2.29. The number of sulfone groups is 1. The fourth-order valence-electron chi connectivity index (χ4n) is 2.81. The first-order valence-electron chi connectivity index (χ1n) is 8.63. The molecule has 0 unspecified atom stereocenters. The Morgan fingerprint density at radius 2 is 1.96 bits per heavy atom. The van der Waals surface area contributed by atoms with Crippen LogP contribution in [0.2, 0.25) is 0 Å². The van der Waals surface area contributed by atoms with Crippen LogP contribution in [0, 0.1) is 5.92 Å². The number of carbonyl (C=O) groups excluding carboxylic acids is 2. The fraction of sp³-hybridized carbons (Fsp3) is 0.556. The molecule has 7 heteroatoms. The third-order valence-electron chi connectivity index (χ3n) is 4.20. The minimum absolute atomic E-state index is 0.0265. The minimum atomic E-state index is -3.01. The number of ether oxygens (including phenoxy) is 1. The summed E-state index contributed by atoms with van der Waals surface area (Å²) < 4.78 is 27.7. The van der Waals surface area contributed by atoms with Gasteiger partial charge in [-0.15, -0.1) is 0 Å². The molecule has 1 heterocycles. The maximum atomic E-state index is 11.8. The summed E-state index contributed by atoms with van der Waals surface area (Å²) in [5, 5.41) is 2.68. The Bertz CT molecular complexity index is 697. The maximum absolute atomic E-state index is 11.8. The van der Waals surface area contributed by atoms with Gasteiger partial charge in [0.05, 0.1) is 11.5 Å². The monoisotopic (exact) mass is 367 g/mol. The molecule has 0 aliphatic carbocycles. The Hall–Kier alpha value is -1.89. The zero-order chi connectivity index (χ0) is 18.3. The summed E-state index contributed by atoms with van der Waals surface area (Å²) in [5.74, 6) is -0.990. The number of rotatable bonds is 8. The summed E-state index contributed by atoms with van der Waals surface area (Å²) in [6, 6.07) is 7.60. The third-order valence-corrected chi connectivity index (χ3v) is 6.04. The molecule has 1 aliphatic heterocycles. The Morgan fingerprint density at radius 3 is 2.56 bits per heavy atom. The molecule has 1 amide bonds. The zero-order valence-electron chi connectivity index (χ0n) is 14.5. The summed E-state index contributed by atoms with van der Waals surface area (Å²) in [6.07, 6.45) is 3.80. The molecule has 1 atom stereocenters. The van der Waals surface area contributed by atoms with Gasteiger partial charge < -0.3 is 10.1 Å². The number of unbranched alkanes of at least 4 members (excludes halogenated alkanes) is 1. The lowest BCUT2D eigenvalue weighted by Gasteiger charge is -2.09. The van der Waals surface area contributed by atoms with Crippen molar-refractivity contribution in [3.8, 4) is 0 Å². The van der Waals surface area contributed by atoms with Crippen LogP contribution in [0.1, 0.15) is 38.2 Å². The number of aryl methyl sites for hydroxylation is 1. The second-order valence-electron chi connectivity index (χ2n) is 6.48. The van der Waals surface area contributed by atoms with E-state index in [1.807, 2.05) is 24.3 Å². The highest BCUT2D eigenvalue weighted by Crippen LogP contribution is 2.21. The van der Waals surface area contributed by atoms with E-state index in [2.05, 4.69) is 12.2 Å². The molecule has 6 nitrogen and oxygen atoms in total. The van der Waals surface area contributed by atoms with Gasteiger partial charge in [0.15, 0.2) is 16.4 Å². The second-order valence-corrected chi connectivity index (χ2v) is 8.71. The van der Waals surface area contributed by atoms with E-state index in [4.69, 9.17) is 4.74 Å². The molecule has 0 spiro atoms. The zero-order valence-corrected chi connectivity index (χ0v) is 15.3. The van der Waals surface area contributed by atoms with Crippen LogP contribution in [0.3, 0.4) is 0 Å². The summed E-state index contributed by atoms with van der Waals surface area (Å²) in [6.45, 7) is 1.78. The van der Waals surface area contributed by atoms with Crippen LogP contribution in [-0.2, 0) is 30.6 Å². The average molecular weight is 367 g/mol. The SMILES string of the molecule is CCCCc1ccc(NC(=O)COC(=O)C[C@H]2CCS(=O)(=O)C2)cc1. The van der Waals surface area contributed by atoms with Crippen molar-refractivity contribution in [2.24, 2.45) is 5.92 Å². The Morgan fingerprint density at radius 1 is 1.24 bits per heavy atom. The number of hydrogen-bond donors (Lipinski definition) is 1. The maximum Gasteiger partial charge on any atom is 0.306 e. The summed E-state index contributed by atoms with van der Waals surface area (Å²) >= 11 is 0. The van der Waals surface area contributed by atoms with E-state index in [1.54, 1.807) is 0 Å². The van der Waals surface area contributed by atoms with Crippen molar-refractivity contribution < 1.29 is 22.7 Å². The van der Waals surface area contributed by atoms with Crippen molar-refractivity contribution >= 4 is 27.4 Å². The number of anilines is 1. The Kier molecular flexibility index (Phi) is 6.99. The number of amides is 1. The molecule has 138 valence electrons. The minimum Gasteiger partial charge on any atom is -0.456 e. The molecule has 1 fully saturated rings. The van der Waals surface area contributed by atoms with Crippen LogP contribution in [-0.4, -0.2) is 38.4 Å². The van der Waals surface area contributed by atoms with Gasteiger partial charge in [0.1, 0.15) is 0 Å². The van der Waals surface area contributed by atoms with E-state index in [9.17, 15) is 18.0 Å². The number of carbonyl (C=O) groups is 2. The topological polar surface area (TPSA) is 89.5 Å². The third kappa shape index (κ3) is 6.86. The van der Waals surface area contributed by atoms with Crippen LogP contribution >= 0.6 is 0 Å². The lowest BCUT2D eigenvalue weighted by Crippen LogP contribution is -2.22. The van der Waals surface area contributed by atoms with Crippen molar-refractivity contribution in [1.82, 2.24) is 0 Å². The van der Waals surface area contributed by atoms with Gasteiger partial charge in [-0.1, -0.05) is 25.5 Å². The first-order valence-corrected chi connectivity index (χ1v) is 10.4. The molecule has 0 aromatic heterocycles. The first kappa shape index (κ1) is 19.4. The van der Waals surface area contributed by atoms with Crippen molar-refractivity contribution in [3.63, 3.8) is 0 Å². The molecule has 1 aliphatic rings. The van der Waals surface area contributed by atoms with Gasteiger partial charge >= 0.3 is 5.97 Å². The predicted octanol–water partition coefficient (Wildman–Crippen LogP) is 2.34. The number of hydrogen-bond acceptors (Lipinski definition) is 5. The van der Waals surface area contributed by atoms with Crippen molar-refractivity contribution in [2.45, 2.75) is 39.0 Å². The molecule has 25 heavy (non-hydrogen) atoms. The smallest absolute Gasteiger partial charge is 0.306 e. The highest BCUT2D eigenvalue weighted by molar-refractivity contribution is 7.91. The van der Waals surface area contributed by atoms with Gasteiger partial charge in [-0.3, -0.25) is 9.59 Å². The summed E-state index contributed by atoms with van der Waals surface area (Å²) in [7, 11) is -3.01. The Balaban J connectivity index is 1.70. The van der Waals surface area contributed by atoms with Gasteiger partial charge in [0, 0.05) is 12.1 Å². The van der Waals surface area contributed by atoms with Crippen molar-refractivity contribution in [2.75, 3.05) is 23.4 Å². The van der Waals surface area contributed by atoms with Crippen LogP contribution in [0.5, 0.6) is 0 Å². The molecular formula is C18H25NO5S. The Labute approximate surface area is 148 Å². The quantitative estimate of drug-likeness (QED) is 0.712.